The SMILES string of the molecule is Cc1cnn(C2CCN(C(=O)/C=C/CN(C)C)C2)c1. The zero-order chi connectivity index (χ0) is 13.8. The standard InChI is InChI=1S/C14H22N4O/c1-12-9-15-18(10-12)13-6-8-17(11-13)14(19)5-4-7-16(2)3/h4-5,9-10,13H,6-8,11H2,1-3H3/b5-4+. The van der Waals surface area contributed by atoms with Crippen molar-refractivity contribution in [3.05, 3.63) is 30.1 Å². The number of carbonyl (C=O) groups excluding carboxylic acids is 1. The molecule has 0 saturated carbocycles. The quantitative estimate of drug-likeness (QED) is 0.763. The smallest absolute Gasteiger partial charge is 0.246 e. The topological polar surface area (TPSA) is 41.4 Å². The van der Waals surface area contributed by atoms with Crippen LogP contribution in [0.25, 0.3) is 0 Å². The second kappa shape index (κ2) is 6.02. The summed E-state index contributed by atoms with van der Waals surface area (Å²) in [7, 11) is 3.97. The average molecular weight is 262 g/mol. The highest BCUT2D eigenvalue weighted by Crippen LogP contribution is 2.21. The summed E-state index contributed by atoms with van der Waals surface area (Å²) in [6.45, 7) is 4.40. The Labute approximate surface area is 114 Å². The lowest BCUT2D eigenvalue weighted by Gasteiger charge is -2.14. The maximum absolute atomic E-state index is 12.0. The van der Waals surface area contributed by atoms with Gasteiger partial charge >= 0.3 is 0 Å². The van der Waals surface area contributed by atoms with Gasteiger partial charge in [-0.15, -0.1) is 0 Å². The van der Waals surface area contributed by atoms with Gasteiger partial charge in [0.05, 0.1) is 12.2 Å². The normalized spacial score (nSPS) is 19.8. The fourth-order valence-corrected chi connectivity index (χ4v) is 2.26. The van der Waals surface area contributed by atoms with Crippen LogP contribution in [-0.2, 0) is 4.79 Å². The molecule has 0 N–H and O–H groups in total. The number of carbonyl (C=O) groups is 1. The van der Waals surface area contributed by atoms with Crippen LogP contribution in [-0.4, -0.2) is 59.2 Å². The van der Waals surface area contributed by atoms with E-state index in [1.54, 1.807) is 6.08 Å². The summed E-state index contributed by atoms with van der Waals surface area (Å²) in [6, 6.07) is 0.319. The molecule has 0 aliphatic carbocycles. The summed E-state index contributed by atoms with van der Waals surface area (Å²) in [5.41, 5.74) is 1.16. The van der Waals surface area contributed by atoms with Gasteiger partial charge in [0.15, 0.2) is 0 Å². The summed E-state index contributed by atoms with van der Waals surface area (Å²) in [5, 5.41) is 4.33. The largest absolute Gasteiger partial charge is 0.337 e. The molecule has 0 bridgehead atoms. The average Bonchev–Trinajstić information content (AvgIpc) is 2.96. The van der Waals surface area contributed by atoms with Crippen LogP contribution in [0.15, 0.2) is 24.5 Å². The van der Waals surface area contributed by atoms with E-state index in [0.717, 1.165) is 31.6 Å². The third kappa shape index (κ3) is 3.67. The van der Waals surface area contributed by atoms with Crippen molar-refractivity contribution in [1.29, 1.82) is 0 Å². The Morgan fingerprint density at radius 1 is 1.58 bits per heavy atom. The Morgan fingerprint density at radius 2 is 2.37 bits per heavy atom. The van der Waals surface area contributed by atoms with Crippen LogP contribution in [0, 0.1) is 6.92 Å². The van der Waals surface area contributed by atoms with Crippen LogP contribution < -0.4 is 0 Å². The predicted molar refractivity (Wildman–Crippen MR) is 74.9 cm³/mol. The van der Waals surface area contributed by atoms with Crippen LogP contribution in [0.3, 0.4) is 0 Å². The van der Waals surface area contributed by atoms with E-state index in [1.807, 2.05) is 54.0 Å². The first-order valence-corrected chi connectivity index (χ1v) is 6.67. The van der Waals surface area contributed by atoms with Gasteiger partial charge in [0.25, 0.3) is 0 Å². The Balaban J connectivity index is 1.88. The summed E-state index contributed by atoms with van der Waals surface area (Å²) in [5.74, 6) is 0.105. The Kier molecular flexibility index (Phi) is 4.37. The predicted octanol–water partition coefficient (Wildman–Crippen LogP) is 1.08. The van der Waals surface area contributed by atoms with E-state index in [-0.39, 0.29) is 5.91 Å². The summed E-state index contributed by atoms with van der Waals surface area (Å²) in [4.78, 5) is 15.9. The summed E-state index contributed by atoms with van der Waals surface area (Å²) < 4.78 is 1.98. The minimum absolute atomic E-state index is 0.105. The zero-order valence-corrected chi connectivity index (χ0v) is 11.9. The van der Waals surface area contributed by atoms with E-state index < -0.39 is 0 Å². The van der Waals surface area contributed by atoms with E-state index in [1.165, 1.54) is 0 Å². The third-order valence-corrected chi connectivity index (χ3v) is 3.31. The lowest BCUT2D eigenvalue weighted by Crippen LogP contribution is -2.27. The zero-order valence-electron chi connectivity index (χ0n) is 11.9. The third-order valence-electron chi connectivity index (χ3n) is 3.31. The monoisotopic (exact) mass is 262 g/mol. The van der Waals surface area contributed by atoms with Gasteiger partial charge in [-0.25, -0.2) is 0 Å². The van der Waals surface area contributed by atoms with E-state index in [9.17, 15) is 4.79 Å². The van der Waals surface area contributed by atoms with Crippen LogP contribution in [0.5, 0.6) is 0 Å². The van der Waals surface area contributed by atoms with Crippen molar-refractivity contribution in [1.82, 2.24) is 19.6 Å². The molecule has 104 valence electrons. The molecule has 1 aliphatic rings. The van der Waals surface area contributed by atoms with E-state index in [0.29, 0.717) is 6.04 Å². The Hall–Kier alpha value is -1.62. The number of likely N-dealkylation sites (N-methyl/N-ethyl adjacent to an activating group) is 1. The number of hydrogen-bond donors (Lipinski definition) is 0. The molecule has 1 aliphatic heterocycles. The fraction of sp³-hybridized carbons (Fsp3) is 0.571. The van der Waals surface area contributed by atoms with Gasteiger partial charge in [0.2, 0.25) is 5.91 Å². The minimum atomic E-state index is 0.105. The van der Waals surface area contributed by atoms with Crippen molar-refractivity contribution in [2.75, 3.05) is 33.7 Å². The highest BCUT2D eigenvalue weighted by atomic mass is 16.2. The molecule has 1 aromatic rings. The lowest BCUT2D eigenvalue weighted by atomic mass is 10.3. The summed E-state index contributed by atoms with van der Waals surface area (Å²) >= 11 is 0. The molecule has 1 amide bonds. The van der Waals surface area contributed by atoms with Crippen molar-refractivity contribution in [3.63, 3.8) is 0 Å². The number of amides is 1. The van der Waals surface area contributed by atoms with Gasteiger partial charge in [0.1, 0.15) is 0 Å². The van der Waals surface area contributed by atoms with Crippen molar-refractivity contribution in [3.8, 4) is 0 Å². The number of nitrogens with zero attached hydrogens (tertiary/aromatic N) is 4. The highest BCUT2D eigenvalue weighted by molar-refractivity contribution is 5.87. The molecule has 1 unspecified atom stereocenters. The van der Waals surface area contributed by atoms with Crippen molar-refractivity contribution in [2.24, 2.45) is 0 Å². The maximum atomic E-state index is 12.0. The maximum Gasteiger partial charge on any atom is 0.246 e. The van der Waals surface area contributed by atoms with Gasteiger partial charge in [-0.05, 0) is 33.0 Å². The molecule has 0 radical (unpaired) electrons. The van der Waals surface area contributed by atoms with E-state index >= 15 is 0 Å². The van der Waals surface area contributed by atoms with Gasteiger partial charge in [-0.2, -0.15) is 5.10 Å². The number of aromatic nitrogens is 2. The molecule has 1 aromatic heterocycles. The molecular weight excluding hydrogens is 240 g/mol. The van der Waals surface area contributed by atoms with E-state index in [2.05, 4.69) is 5.10 Å². The van der Waals surface area contributed by atoms with Crippen LogP contribution >= 0.6 is 0 Å². The van der Waals surface area contributed by atoms with Crippen molar-refractivity contribution in [2.45, 2.75) is 19.4 Å². The number of likely N-dealkylation sites (tertiary alicyclic amines) is 1. The van der Waals surface area contributed by atoms with Crippen LogP contribution in [0.1, 0.15) is 18.0 Å². The van der Waals surface area contributed by atoms with Crippen molar-refractivity contribution < 1.29 is 4.79 Å². The molecule has 5 nitrogen and oxygen atoms in total. The second-order valence-corrected chi connectivity index (χ2v) is 5.39. The molecule has 1 saturated heterocycles. The highest BCUT2D eigenvalue weighted by Gasteiger charge is 2.26. The van der Waals surface area contributed by atoms with Gasteiger partial charge in [0, 0.05) is 31.9 Å². The summed E-state index contributed by atoms with van der Waals surface area (Å²) in [6.07, 6.45) is 8.47. The fourth-order valence-electron chi connectivity index (χ4n) is 2.26. The Morgan fingerprint density at radius 3 is 3.00 bits per heavy atom. The van der Waals surface area contributed by atoms with Crippen molar-refractivity contribution >= 4 is 5.91 Å². The molecule has 1 atom stereocenters. The molecule has 1 fully saturated rings. The van der Waals surface area contributed by atoms with E-state index in [4.69, 9.17) is 0 Å². The molecule has 2 heterocycles. The Bertz CT molecular complexity index is 464. The van der Waals surface area contributed by atoms with Gasteiger partial charge in [-0.1, -0.05) is 6.08 Å². The molecule has 19 heavy (non-hydrogen) atoms. The minimum Gasteiger partial charge on any atom is -0.337 e. The molecule has 0 spiro atoms. The molecular formula is C14H22N4O. The first-order valence-electron chi connectivity index (χ1n) is 6.67. The van der Waals surface area contributed by atoms with Crippen LogP contribution in [0.4, 0.5) is 0 Å². The number of hydrogen-bond acceptors (Lipinski definition) is 3. The van der Waals surface area contributed by atoms with Crippen LogP contribution in [0.2, 0.25) is 0 Å². The number of rotatable bonds is 4. The molecule has 5 heteroatoms. The first-order chi connectivity index (χ1) is 9.06. The second-order valence-electron chi connectivity index (χ2n) is 5.39. The molecule has 0 aromatic carbocycles. The number of aryl methyl sites for hydroxylation is 1. The molecule has 2 rings (SSSR count). The van der Waals surface area contributed by atoms with Gasteiger partial charge in [-0.3, -0.25) is 9.48 Å². The first kappa shape index (κ1) is 13.8. The van der Waals surface area contributed by atoms with Gasteiger partial charge < -0.3 is 9.80 Å². The lowest BCUT2D eigenvalue weighted by molar-refractivity contribution is -0.125.